The minimum absolute atomic E-state index is 0.0506. The molecule has 0 fully saturated rings. The molecule has 1 aromatic carbocycles. The van der Waals surface area contributed by atoms with E-state index in [9.17, 15) is 9.59 Å². The van der Waals surface area contributed by atoms with E-state index in [4.69, 9.17) is 0 Å². The van der Waals surface area contributed by atoms with Crippen molar-refractivity contribution in [1.82, 2.24) is 10.2 Å². The standard InChI is InChI=1S/C18H26N2O2/c1-20(2)18(22)12-6-11-17(21)19-13-15-9-5-8-14-7-3-4-10-16(14)15/h3-4,7,10,15H,5-6,8-9,11-13H2,1-2H3,(H,19,21). The molecule has 4 nitrogen and oxygen atoms in total. The van der Waals surface area contributed by atoms with Crippen molar-refractivity contribution in [2.24, 2.45) is 0 Å². The number of amides is 2. The molecule has 1 atom stereocenters. The van der Waals surface area contributed by atoms with Crippen LogP contribution in [0.3, 0.4) is 0 Å². The Morgan fingerprint density at radius 3 is 2.77 bits per heavy atom. The topological polar surface area (TPSA) is 49.4 Å². The zero-order valence-electron chi connectivity index (χ0n) is 13.6. The van der Waals surface area contributed by atoms with E-state index in [2.05, 4.69) is 29.6 Å². The normalized spacial score (nSPS) is 16.7. The van der Waals surface area contributed by atoms with Crippen LogP contribution in [0.5, 0.6) is 0 Å². The smallest absolute Gasteiger partial charge is 0.222 e. The molecule has 0 spiro atoms. The maximum atomic E-state index is 11.9. The molecule has 1 aliphatic carbocycles. The Morgan fingerprint density at radius 2 is 2.00 bits per heavy atom. The fourth-order valence-electron chi connectivity index (χ4n) is 3.02. The molecule has 1 aliphatic rings. The van der Waals surface area contributed by atoms with E-state index in [1.807, 2.05) is 0 Å². The Morgan fingerprint density at radius 1 is 1.23 bits per heavy atom. The lowest BCUT2D eigenvalue weighted by Crippen LogP contribution is -2.30. The highest BCUT2D eigenvalue weighted by Gasteiger charge is 2.20. The van der Waals surface area contributed by atoms with E-state index < -0.39 is 0 Å². The molecular weight excluding hydrogens is 276 g/mol. The van der Waals surface area contributed by atoms with Gasteiger partial charge in [0.2, 0.25) is 11.8 Å². The first-order valence-corrected chi connectivity index (χ1v) is 8.12. The number of aryl methyl sites for hydroxylation is 1. The Labute approximate surface area is 132 Å². The van der Waals surface area contributed by atoms with Crippen molar-refractivity contribution in [3.63, 3.8) is 0 Å². The highest BCUT2D eigenvalue weighted by molar-refractivity contribution is 5.78. The zero-order valence-corrected chi connectivity index (χ0v) is 13.6. The summed E-state index contributed by atoms with van der Waals surface area (Å²) in [5, 5.41) is 3.03. The summed E-state index contributed by atoms with van der Waals surface area (Å²) in [7, 11) is 3.48. The summed E-state index contributed by atoms with van der Waals surface area (Å²) in [5.74, 6) is 0.556. The second-order valence-corrected chi connectivity index (χ2v) is 6.23. The molecule has 4 heteroatoms. The van der Waals surface area contributed by atoms with Crippen molar-refractivity contribution in [3.8, 4) is 0 Å². The largest absolute Gasteiger partial charge is 0.355 e. The summed E-state index contributed by atoms with van der Waals surface area (Å²) < 4.78 is 0. The van der Waals surface area contributed by atoms with Gasteiger partial charge in [0.05, 0.1) is 0 Å². The van der Waals surface area contributed by atoms with Crippen LogP contribution in [0.15, 0.2) is 24.3 Å². The lowest BCUT2D eigenvalue weighted by atomic mass is 9.83. The average Bonchev–Trinajstić information content (AvgIpc) is 2.52. The van der Waals surface area contributed by atoms with Gasteiger partial charge in [0, 0.05) is 39.4 Å². The monoisotopic (exact) mass is 302 g/mol. The lowest BCUT2D eigenvalue weighted by molar-refractivity contribution is -0.129. The van der Waals surface area contributed by atoms with Crippen LogP contribution in [-0.2, 0) is 16.0 Å². The Hall–Kier alpha value is -1.84. The van der Waals surface area contributed by atoms with Gasteiger partial charge in [-0.15, -0.1) is 0 Å². The predicted octanol–water partition coefficient (Wildman–Crippen LogP) is 2.48. The van der Waals surface area contributed by atoms with E-state index in [0.717, 1.165) is 12.8 Å². The molecule has 1 aromatic rings. The van der Waals surface area contributed by atoms with Crippen molar-refractivity contribution in [1.29, 1.82) is 0 Å². The summed E-state index contributed by atoms with van der Waals surface area (Å²) in [6, 6.07) is 8.53. The van der Waals surface area contributed by atoms with Crippen LogP contribution in [0.25, 0.3) is 0 Å². The van der Waals surface area contributed by atoms with Gasteiger partial charge in [-0.2, -0.15) is 0 Å². The van der Waals surface area contributed by atoms with Crippen molar-refractivity contribution in [2.45, 2.75) is 44.4 Å². The van der Waals surface area contributed by atoms with Crippen molar-refractivity contribution in [3.05, 3.63) is 35.4 Å². The average molecular weight is 302 g/mol. The number of hydrogen-bond acceptors (Lipinski definition) is 2. The summed E-state index contributed by atoms with van der Waals surface area (Å²) in [6.45, 7) is 0.706. The number of nitrogens with zero attached hydrogens (tertiary/aromatic N) is 1. The van der Waals surface area contributed by atoms with E-state index in [1.54, 1.807) is 19.0 Å². The second-order valence-electron chi connectivity index (χ2n) is 6.23. The third-order valence-electron chi connectivity index (χ3n) is 4.33. The van der Waals surface area contributed by atoms with Gasteiger partial charge in [0.15, 0.2) is 0 Å². The van der Waals surface area contributed by atoms with Crippen LogP contribution in [-0.4, -0.2) is 37.4 Å². The molecule has 0 aliphatic heterocycles. The Kier molecular flexibility index (Phi) is 5.99. The molecule has 120 valence electrons. The first-order chi connectivity index (χ1) is 10.6. The number of rotatable bonds is 6. The number of carbonyl (C=O) groups is 2. The van der Waals surface area contributed by atoms with Crippen molar-refractivity contribution in [2.75, 3.05) is 20.6 Å². The van der Waals surface area contributed by atoms with E-state index in [1.165, 1.54) is 17.5 Å². The molecule has 1 N–H and O–H groups in total. The van der Waals surface area contributed by atoms with Crippen LogP contribution in [0.4, 0.5) is 0 Å². The minimum atomic E-state index is 0.0506. The molecule has 1 unspecified atom stereocenters. The number of nitrogens with one attached hydrogen (secondary N) is 1. The lowest BCUT2D eigenvalue weighted by Gasteiger charge is -2.25. The van der Waals surface area contributed by atoms with E-state index >= 15 is 0 Å². The molecule has 0 aromatic heterocycles. The molecule has 0 radical (unpaired) electrons. The number of carbonyl (C=O) groups excluding carboxylic acids is 2. The van der Waals surface area contributed by atoms with Gasteiger partial charge in [-0.3, -0.25) is 9.59 Å². The molecule has 0 saturated heterocycles. The van der Waals surface area contributed by atoms with Crippen LogP contribution in [0, 0.1) is 0 Å². The maximum absolute atomic E-state index is 11.9. The number of fused-ring (bicyclic) bond motifs is 1. The zero-order chi connectivity index (χ0) is 15.9. The predicted molar refractivity (Wildman–Crippen MR) is 87.7 cm³/mol. The van der Waals surface area contributed by atoms with Crippen molar-refractivity contribution < 1.29 is 9.59 Å². The summed E-state index contributed by atoms with van der Waals surface area (Å²) in [4.78, 5) is 24.9. The second kappa shape index (κ2) is 7.97. The number of hydrogen-bond donors (Lipinski definition) is 1. The highest BCUT2D eigenvalue weighted by Crippen LogP contribution is 2.30. The molecular formula is C18H26N2O2. The van der Waals surface area contributed by atoms with Gasteiger partial charge >= 0.3 is 0 Å². The molecule has 2 rings (SSSR count). The quantitative estimate of drug-likeness (QED) is 0.877. The SMILES string of the molecule is CN(C)C(=O)CCCC(=O)NCC1CCCc2ccccc21. The first kappa shape index (κ1) is 16.5. The van der Waals surface area contributed by atoms with E-state index in [0.29, 0.717) is 31.7 Å². The van der Waals surface area contributed by atoms with Crippen LogP contribution in [0.2, 0.25) is 0 Å². The minimum Gasteiger partial charge on any atom is -0.355 e. The van der Waals surface area contributed by atoms with Gasteiger partial charge in [-0.25, -0.2) is 0 Å². The fraction of sp³-hybridized carbons (Fsp3) is 0.556. The highest BCUT2D eigenvalue weighted by atomic mass is 16.2. The van der Waals surface area contributed by atoms with Crippen LogP contribution in [0.1, 0.15) is 49.1 Å². The van der Waals surface area contributed by atoms with Crippen molar-refractivity contribution >= 4 is 11.8 Å². The first-order valence-electron chi connectivity index (χ1n) is 8.12. The van der Waals surface area contributed by atoms with Crippen LogP contribution >= 0.6 is 0 Å². The molecule has 0 saturated carbocycles. The van der Waals surface area contributed by atoms with Gasteiger partial charge < -0.3 is 10.2 Å². The molecule has 2 amide bonds. The molecule has 22 heavy (non-hydrogen) atoms. The fourth-order valence-corrected chi connectivity index (χ4v) is 3.02. The maximum Gasteiger partial charge on any atom is 0.222 e. The van der Waals surface area contributed by atoms with Gasteiger partial charge in [0.25, 0.3) is 0 Å². The third kappa shape index (κ3) is 4.58. The van der Waals surface area contributed by atoms with Gasteiger partial charge in [-0.05, 0) is 36.8 Å². The Balaban J connectivity index is 1.74. The molecule has 0 heterocycles. The summed E-state index contributed by atoms with van der Waals surface area (Å²) in [6.07, 6.45) is 4.95. The third-order valence-corrected chi connectivity index (χ3v) is 4.33. The Bertz CT molecular complexity index is 526. The van der Waals surface area contributed by atoms with E-state index in [-0.39, 0.29) is 11.8 Å². The van der Waals surface area contributed by atoms with Crippen LogP contribution < -0.4 is 5.32 Å². The van der Waals surface area contributed by atoms with Gasteiger partial charge in [0.1, 0.15) is 0 Å². The number of benzene rings is 1. The molecule has 0 bridgehead atoms. The summed E-state index contributed by atoms with van der Waals surface area (Å²) in [5.41, 5.74) is 2.81. The van der Waals surface area contributed by atoms with Gasteiger partial charge in [-0.1, -0.05) is 24.3 Å². The summed E-state index contributed by atoms with van der Waals surface area (Å²) >= 11 is 0.